The van der Waals surface area contributed by atoms with Crippen LogP contribution < -0.4 is 0 Å². The zero-order valence-corrected chi connectivity index (χ0v) is 13.1. The fourth-order valence-corrected chi connectivity index (χ4v) is 1.53. The third-order valence-electron chi connectivity index (χ3n) is 2.67. The summed E-state index contributed by atoms with van der Waals surface area (Å²) in [5, 5.41) is 9.19. The number of alkyl halides is 1. The van der Waals surface area contributed by atoms with Gasteiger partial charge in [0, 0.05) is 6.61 Å². The van der Waals surface area contributed by atoms with Gasteiger partial charge in [0.2, 0.25) is 0 Å². The van der Waals surface area contributed by atoms with Crippen LogP contribution in [0.5, 0.6) is 0 Å². The first-order chi connectivity index (χ1) is 8.08. The molecule has 0 radical (unpaired) electrons. The molecule has 1 nitrogen and oxygen atoms in total. The van der Waals surface area contributed by atoms with E-state index < -0.39 is 6.17 Å². The van der Waals surface area contributed by atoms with Crippen molar-refractivity contribution in [1.82, 2.24) is 0 Å². The van der Waals surface area contributed by atoms with Crippen molar-refractivity contribution in [3.8, 4) is 0 Å². The van der Waals surface area contributed by atoms with Crippen LogP contribution in [-0.4, -0.2) is 17.9 Å². The van der Waals surface area contributed by atoms with Gasteiger partial charge in [-0.3, -0.25) is 0 Å². The van der Waals surface area contributed by atoms with Gasteiger partial charge in [0.25, 0.3) is 0 Å². The highest BCUT2D eigenvalue weighted by molar-refractivity contribution is 4.76. The quantitative estimate of drug-likeness (QED) is 0.644. The van der Waals surface area contributed by atoms with Gasteiger partial charge in [-0.1, -0.05) is 61.3 Å². The summed E-state index contributed by atoms with van der Waals surface area (Å²) in [4.78, 5) is 0. The zero-order valence-electron chi connectivity index (χ0n) is 13.1. The number of unbranched alkanes of at least 4 members (excludes halogenated alkanes) is 1. The summed E-state index contributed by atoms with van der Waals surface area (Å²) in [6.07, 6.45) is 3.42. The molecule has 108 valence electrons. The molecule has 1 unspecified atom stereocenters. The number of aliphatic hydroxyl groups excluding tert-OH is 1. The molecule has 17 heavy (non-hydrogen) atoms. The van der Waals surface area contributed by atoms with Crippen molar-refractivity contribution in [1.29, 1.82) is 0 Å². The second-order valence-electron chi connectivity index (χ2n) is 4.28. The van der Waals surface area contributed by atoms with Gasteiger partial charge in [0.1, 0.15) is 6.17 Å². The Hall–Kier alpha value is -0.110. The van der Waals surface area contributed by atoms with Crippen LogP contribution in [0.15, 0.2) is 0 Å². The van der Waals surface area contributed by atoms with Gasteiger partial charge in [-0.15, -0.1) is 0 Å². The fourth-order valence-electron chi connectivity index (χ4n) is 1.53. The Bertz CT molecular complexity index is 128. The SMILES string of the molecule is CC.CC.CCCC[C@@](C)(CO)CC(F)CC. The lowest BCUT2D eigenvalue weighted by Gasteiger charge is -2.28. The Morgan fingerprint density at radius 1 is 1.12 bits per heavy atom. The maximum Gasteiger partial charge on any atom is 0.100 e. The van der Waals surface area contributed by atoms with E-state index in [1.807, 2.05) is 41.5 Å². The molecule has 0 aliphatic rings. The average molecular weight is 250 g/mol. The minimum Gasteiger partial charge on any atom is -0.396 e. The van der Waals surface area contributed by atoms with Gasteiger partial charge in [0.15, 0.2) is 0 Å². The monoisotopic (exact) mass is 250 g/mol. The first-order valence-corrected chi connectivity index (χ1v) is 7.33. The highest BCUT2D eigenvalue weighted by atomic mass is 19.1. The van der Waals surface area contributed by atoms with Gasteiger partial charge >= 0.3 is 0 Å². The molecule has 2 heteroatoms. The Balaban J connectivity index is -0.000000439. The second kappa shape index (κ2) is 15.9. The second-order valence-corrected chi connectivity index (χ2v) is 4.28. The van der Waals surface area contributed by atoms with E-state index in [4.69, 9.17) is 0 Å². The molecule has 0 aromatic heterocycles. The molecule has 0 amide bonds. The Morgan fingerprint density at radius 3 is 1.88 bits per heavy atom. The predicted octanol–water partition coefficient (Wildman–Crippen LogP) is 5.37. The highest BCUT2D eigenvalue weighted by Crippen LogP contribution is 2.30. The lowest BCUT2D eigenvalue weighted by molar-refractivity contribution is 0.0875. The van der Waals surface area contributed by atoms with Gasteiger partial charge < -0.3 is 5.11 Å². The summed E-state index contributed by atoms with van der Waals surface area (Å²) in [5.41, 5.74) is -0.203. The van der Waals surface area contributed by atoms with Gasteiger partial charge in [0.05, 0.1) is 0 Å². The first kappa shape index (κ1) is 22.1. The van der Waals surface area contributed by atoms with Crippen LogP contribution >= 0.6 is 0 Å². The fraction of sp³-hybridized carbons (Fsp3) is 1.00. The molecule has 0 aromatic rings. The van der Waals surface area contributed by atoms with E-state index in [0.29, 0.717) is 12.8 Å². The zero-order chi connectivity index (χ0) is 14.3. The molecule has 0 saturated carbocycles. The van der Waals surface area contributed by atoms with E-state index in [2.05, 4.69) is 6.92 Å². The summed E-state index contributed by atoms with van der Waals surface area (Å²) in [6, 6.07) is 0. The Labute approximate surface area is 109 Å². The predicted molar refractivity (Wildman–Crippen MR) is 77.2 cm³/mol. The summed E-state index contributed by atoms with van der Waals surface area (Å²) in [5.74, 6) is 0. The van der Waals surface area contributed by atoms with E-state index in [9.17, 15) is 9.50 Å². The molecular weight excluding hydrogens is 215 g/mol. The highest BCUT2D eigenvalue weighted by Gasteiger charge is 2.26. The third kappa shape index (κ3) is 13.8. The van der Waals surface area contributed by atoms with Gasteiger partial charge in [-0.25, -0.2) is 4.39 Å². The number of aliphatic hydroxyl groups is 1. The molecule has 0 bridgehead atoms. The van der Waals surface area contributed by atoms with Gasteiger partial charge in [-0.05, 0) is 24.7 Å². The van der Waals surface area contributed by atoms with Crippen molar-refractivity contribution in [2.45, 2.75) is 86.7 Å². The van der Waals surface area contributed by atoms with Crippen LogP contribution in [0.1, 0.15) is 80.6 Å². The van der Waals surface area contributed by atoms with Crippen LogP contribution in [0.3, 0.4) is 0 Å². The maximum absolute atomic E-state index is 13.1. The summed E-state index contributed by atoms with van der Waals surface area (Å²) >= 11 is 0. The molecule has 0 aromatic carbocycles. The molecular formula is C15H35FO. The molecule has 0 heterocycles. The number of hydrogen-bond acceptors (Lipinski definition) is 1. The molecule has 0 fully saturated rings. The molecule has 0 aliphatic heterocycles. The lowest BCUT2D eigenvalue weighted by atomic mass is 9.80. The van der Waals surface area contributed by atoms with Crippen molar-refractivity contribution in [3.63, 3.8) is 0 Å². The number of hydrogen-bond donors (Lipinski definition) is 1. The van der Waals surface area contributed by atoms with E-state index in [1.165, 1.54) is 0 Å². The minimum atomic E-state index is -0.756. The van der Waals surface area contributed by atoms with Crippen molar-refractivity contribution in [2.24, 2.45) is 5.41 Å². The van der Waals surface area contributed by atoms with Crippen molar-refractivity contribution in [3.05, 3.63) is 0 Å². The third-order valence-corrected chi connectivity index (χ3v) is 2.67. The normalized spacial score (nSPS) is 14.6. The molecule has 0 spiro atoms. The smallest absolute Gasteiger partial charge is 0.100 e. The topological polar surface area (TPSA) is 20.2 Å². The molecule has 2 atom stereocenters. The largest absolute Gasteiger partial charge is 0.396 e. The summed E-state index contributed by atoms with van der Waals surface area (Å²) < 4.78 is 13.1. The van der Waals surface area contributed by atoms with Gasteiger partial charge in [-0.2, -0.15) is 0 Å². The molecule has 0 rings (SSSR count). The van der Waals surface area contributed by atoms with Crippen molar-refractivity contribution < 1.29 is 9.50 Å². The van der Waals surface area contributed by atoms with E-state index >= 15 is 0 Å². The van der Waals surface area contributed by atoms with Crippen LogP contribution in [0, 0.1) is 5.41 Å². The van der Waals surface area contributed by atoms with Crippen LogP contribution in [0.2, 0.25) is 0 Å². The number of rotatable bonds is 7. The summed E-state index contributed by atoms with van der Waals surface area (Å²) in [7, 11) is 0. The Morgan fingerprint density at radius 2 is 1.59 bits per heavy atom. The molecule has 1 N–H and O–H groups in total. The Kier molecular flexibility index (Phi) is 20.7. The van der Waals surface area contributed by atoms with E-state index in [-0.39, 0.29) is 12.0 Å². The van der Waals surface area contributed by atoms with Crippen LogP contribution in [0.4, 0.5) is 4.39 Å². The van der Waals surface area contributed by atoms with E-state index in [0.717, 1.165) is 19.3 Å². The first-order valence-electron chi connectivity index (χ1n) is 7.33. The standard InChI is InChI=1S/C11H23FO.2C2H6/c1-4-6-7-11(3,9-13)8-10(12)5-2;2*1-2/h10,13H,4-9H2,1-3H3;2*1-2H3/t10?,11-;;/m1../s1. The van der Waals surface area contributed by atoms with Crippen LogP contribution in [0.25, 0.3) is 0 Å². The average Bonchev–Trinajstić information content (AvgIpc) is 2.41. The van der Waals surface area contributed by atoms with Crippen molar-refractivity contribution in [2.75, 3.05) is 6.61 Å². The minimum absolute atomic E-state index is 0.105. The lowest BCUT2D eigenvalue weighted by Crippen LogP contribution is -2.25. The van der Waals surface area contributed by atoms with E-state index in [1.54, 1.807) is 0 Å². The van der Waals surface area contributed by atoms with Crippen LogP contribution in [-0.2, 0) is 0 Å². The number of halogens is 1. The van der Waals surface area contributed by atoms with Crippen molar-refractivity contribution >= 4 is 0 Å². The molecule has 0 aliphatic carbocycles. The molecule has 0 saturated heterocycles. The summed E-state index contributed by atoms with van der Waals surface area (Å²) in [6.45, 7) is 14.0. The maximum atomic E-state index is 13.1.